The zero-order valence-electron chi connectivity index (χ0n) is 16.6. The number of imidazole rings is 1. The van der Waals surface area contributed by atoms with E-state index < -0.39 is 5.41 Å². The molecule has 2 aromatic rings. The first-order valence-electron chi connectivity index (χ1n) is 10.1. The number of hydrogen-bond donors (Lipinski definition) is 1. The predicted molar refractivity (Wildman–Crippen MR) is 109 cm³/mol. The van der Waals surface area contributed by atoms with Crippen molar-refractivity contribution in [1.82, 2.24) is 19.8 Å². The van der Waals surface area contributed by atoms with E-state index in [9.17, 15) is 9.59 Å². The molecule has 0 radical (unpaired) electrons. The minimum Gasteiger partial charge on any atom is -0.355 e. The Morgan fingerprint density at radius 2 is 2.25 bits per heavy atom. The van der Waals surface area contributed by atoms with E-state index in [1.807, 2.05) is 40.2 Å². The molecule has 4 rings (SSSR count). The van der Waals surface area contributed by atoms with E-state index in [0.717, 1.165) is 36.4 Å². The van der Waals surface area contributed by atoms with E-state index >= 15 is 0 Å². The van der Waals surface area contributed by atoms with Gasteiger partial charge in [-0.1, -0.05) is 13.0 Å². The smallest absolute Gasteiger partial charge is 0.228 e. The van der Waals surface area contributed by atoms with Crippen molar-refractivity contribution >= 4 is 23.2 Å². The fourth-order valence-corrected chi connectivity index (χ4v) is 5.79. The molecule has 2 amide bonds. The third kappa shape index (κ3) is 3.26. The second-order valence-corrected chi connectivity index (χ2v) is 9.01. The fourth-order valence-electron chi connectivity index (χ4n) is 5.10. The number of carbonyl (C=O) groups is 2. The number of nitrogens with one attached hydrogen (secondary N) is 1. The molecule has 0 spiro atoms. The summed E-state index contributed by atoms with van der Waals surface area (Å²) in [7, 11) is 1.96. The molecule has 2 fully saturated rings. The van der Waals surface area contributed by atoms with Crippen molar-refractivity contribution in [2.75, 3.05) is 6.54 Å². The molecule has 2 aliphatic heterocycles. The van der Waals surface area contributed by atoms with Gasteiger partial charge >= 0.3 is 0 Å². The van der Waals surface area contributed by atoms with Crippen LogP contribution < -0.4 is 5.32 Å². The molecule has 6 nitrogen and oxygen atoms in total. The van der Waals surface area contributed by atoms with Gasteiger partial charge in [0.05, 0.1) is 11.8 Å². The zero-order chi connectivity index (χ0) is 19.7. The topological polar surface area (TPSA) is 67.2 Å². The average Bonchev–Trinajstić information content (AvgIpc) is 3.46. The predicted octanol–water partition coefficient (Wildman–Crippen LogP) is 2.54. The van der Waals surface area contributed by atoms with Gasteiger partial charge in [-0.25, -0.2) is 4.98 Å². The summed E-state index contributed by atoms with van der Waals surface area (Å²) in [6.07, 6.45) is 8.36. The molecule has 2 bridgehead atoms. The number of aromatic nitrogens is 2. The number of aryl methyl sites for hydroxylation is 1. The largest absolute Gasteiger partial charge is 0.355 e. The number of fused-ring (bicyclic) bond motifs is 2. The van der Waals surface area contributed by atoms with Gasteiger partial charge in [-0.2, -0.15) is 0 Å². The fraction of sp³-hybridized carbons (Fsp3) is 0.571. The van der Waals surface area contributed by atoms with Gasteiger partial charge in [-0.3, -0.25) is 9.59 Å². The number of amides is 2. The molecule has 0 aromatic carbocycles. The van der Waals surface area contributed by atoms with Gasteiger partial charge < -0.3 is 14.8 Å². The summed E-state index contributed by atoms with van der Waals surface area (Å²) in [6.45, 7) is 2.66. The van der Waals surface area contributed by atoms with E-state index in [0.29, 0.717) is 19.4 Å². The van der Waals surface area contributed by atoms with Gasteiger partial charge in [-0.05, 0) is 37.1 Å². The minimum absolute atomic E-state index is 0.0307. The molecule has 0 saturated carbocycles. The van der Waals surface area contributed by atoms with Crippen molar-refractivity contribution in [2.45, 2.75) is 57.5 Å². The summed E-state index contributed by atoms with van der Waals surface area (Å²) in [5.74, 6) is 1.24. The van der Waals surface area contributed by atoms with Crippen LogP contribution in [0, 0.1) is 5.41 Å². The number of hydrogen-bond acceptors (Lipinski definition) is 4. The second-order valence-electron chi connectivity index (χ2n) is 7.98. The van der Waals surface area contributed by atoms with Gasteiger partial charge in [0.25, 0.3) is 0 Å². The van der Waals surface area contributed by atoms with Crippen LogP contribution in [0.3, 0.4) is 0 Å². The summed E-state index contributed by atoms with van der Waals surface area (Å²) in [5.41, 5.74) is -0.449. The Morgan fingerprint density at radius 1 is 1.39 bits per heavy atom. The molecule has 0 aliphatic carbocycles. The van der Waals surface area contributed by atoms with E-state index in [2.05, 4.69) is 17.2 Å². The molecule has 2 aromatic heterocycles. The van der Waals surface area contributed by atoms with Crippen LogP contribution >= 0.6 is 11.3 Å². The number of rotatable bonds is 7. The van der Waals surface area contributed by atoms with E-state index in [-0.39, 0.29) is 23.9 Å². The lowest BCUT2D eigenvalue weighted by Gasteiger charge is -2.35. The molecule has 1 N–H and O–H groups in total. The molecular formula is C21H28N4O2S. The Bertz CT molecular complexity index is 846. The summed E-state index contributed by atoms with van der Waals surface area (Å²) < 4.78 is 1.98. The van der Waals surface area contributed by atoms with E-state index in [1.165, 1.54) is 0 Å². The maximum absolute atomic E-state index is 13.2. The molecule has 2 saturated heterocycles. The summed E-state index contributed by atoms with van der Waals surface area (Å²) in [4.78, 5) is 33.7. The molecule has 3 atom stereocenters. The second kappa shape index (κ2) is 7.70. The van der Waals surface area contributed by atoms with Crippen LogP contribution in [0.4, 0.5) is 0 Å². The number of thiophene rings is 1. The first kappa shape index (κ1) is 19.2. The van der Waals surface area contributed by atoms with Crippen LogP contribution in [0.15, 0.2) is 29.9 Å². The van der Waals surface area contributed by atoms with Crippen molar-refractivity contribution in [3.05, 3.63) is 40.6 Å². The maximum atomic E-state index is 13.2. The Hall–Kier alpha value is -2.15. The van der Waals surface area contributed by atoms with Crippen LogP contribution in [0.25, 0.3) is 0 Å². The SMILES string of the molecule is CC[C@@]1(C(=O)NCCc2nccn2C)C[C@@H]2CC[C@H]1N2C(=O)Cc1cccs1. The number of nitrogens with zero attached hydrogens (tertiary/aromatic N) is 3. The van der Waals surface area contributed by atoms with Gasteiger partial charge in [0.15, 0.2) is 0 Å². The van der Waals surface area contributed by atoms with Gasteiger partial charge in [0, 0.05) is 49.4 Å². The first-order chi connectivity index (χ1) is 13.5. The van der Waals surface area contributed by atoms with Gasteiger partial charge in [0.2, 0.25) is 11.8 Å². The van der Waals surface area contributed by atoms with Crippen molar-refractivity contribution in [3.63, 3.8) is 0 Å². The first-order valence-corrected chi connectivity index (χ1v) is 11.0. The molecule has 0 unspecified atom stereocenters. The molecule has 7 heteroatoms. The monoisotopic (exact) mass is 400 g/mol. The highest BCUT2D eigenvalue weighted by atomic mass is 32.1. The van der Waals surface area contributed by atoms with Crippen LogP contribution in [0.2, 0.25) is 0 Å². The van der Waals surface area contributed by atoms with Crippen molar-refractivity contribution in [3.8, 4) is 0 Å². The third-order valence-corrected chi connectivity index (χ3v) is 7.45. The molecule has 2 aliphatic rings. The molecule has 4 heterocycles. The number of carbonyl (C=O) groups excluding carboxylic acids is 2. The summed E-state index contributed by atoms with van der Waals surface area (Å²) in [5, 5.41) is 5.15. The summed E-state index contributed by atoms with van der Waals surface area (Å²) >= 11 is 1.62. The van der Waals surface area contributed by atoms with Crippen LogP contribution in [-0.4, -0.2) is 44.9 Å². The van der Waals surface area contributed by atoms with Gasteiger partial charge in [0.1, 0.15) is 5.82 Å². The Labute approximate surface area is 169 Å². The highest BCUT2D eigenvalue weighted by Gasteiger charge is 2.59. The lowest BCUT2D eigenvalue weighted by atomic mass is 9.71. The van der Waals surface area contributed by atoms with E-state index in [4.69, 9.17) is 0 Å². The molecular weight excluding hydrogens is 372 g/mol. The van der Waals surface area contributed by atoms with Crippen LogP contribution in [0.1, 0.15) is 43.3 Å². The molecule has 150 valence electrons. The van der Waals surface area contributed by atoms with Crippen molar-refractivity contribution < 1.29 is 9.59 Å². The highest BCUT2D eigenvalue weighted by molar-refractivity contribution is 7.10. The summed E-state index contributed by atoms with van der Waals surface area (Å²) in [6, 6.07) is 4.23. The Balaban J connectivity index is 1.42. The third-order valence-electron chi connectivity index (χ3n) is 6.57. The van der Waals surface area contributed by atoms with E-state index in [1.54, 1.807) is 17.5 Å². The van der Waals surface area contributed by atoms with Crippen molar-refractivity contribution in [2.24, 2.45) is 12.5 Å². The van der Waals surface area contributed by atoms with Gasteiger partial charge in [-0.15, -0.1) is 11.3 Å². The zero-order valence-corrected chi connectivity index (χ0v) is 17.4. The Kier molecular flexibility index (Phi) is 5.27. The Morgan fingerprint density at radius 3 is 2.93 bits per heavy atom. The lowest BCUT2D eigenvalue weighted by molar-refractivity contribution is -0.136. The maximum Gasteiger partial charge on any atom is 0.228 e. The minimum atomic E-state index is -0.449. The quantitative estimate of drug-likeness (QED) is 0.777. The van der Waals surface area contributed by atoms with Crippen LogP contribution in [0.5, 0.6) is 0 Å². The van der Waals surface area contributed by atoms with Crippen molar-refractivity contribution in [1.29, 1.82) is 0 Å². The average molecular weight is 401 g/mol. The molecule has 28 heavy (non-hydrogen) atoms. The lowest BCUT2D eigenvalue weighted by Crippen LogP contribution is -2.50. The van der Waals surface area contributed by atoms with Crippen LogP contribution in [-0.2, 0) is 29.5 Å². The normalized spacial score (nSPS) is 26.0. The standard InChI is InChI=1S/C21H28N4O2S/c1-3-21(20(27)23-9-8-18-22-10-11-24(18)2)14-15-6-7-17(21)25(15)19(26)13-16-5-4-12-28-16/h4-5,10-12,15,17H,3,6-9,13-14H2,1-2H3,(H,23,27)/t15-,17+,21+/m0/s1. The highest BCUT2D eigenvalue weighted by Crippen LogP contribution is 2.52.